The van der Waals surface area contributed by atoms with Crippen LogP contribution >= 0.6 is 0 Å². The minimum Gasteiger partial charge on any atom is -0.392 e. The van der Waals surface area contributed by atoms with Crippen LogP contribution in [0.2, 0.25) is 0 Å². The van der Waals surface area contributed by atoms with Gasteiger partial charge in [-0.3, -0.25) is 0 Å². The summed E-state index contributed by atoms with van der Waals surface area (Å²) in [5.41, 5.74) is 7.30. The lowest BCUT2D eigenvalue weighted by Crippen LogP contribution is -2.44. The Balaban J connectivity index is 2.01. The van der Waals surface area contributed by atoms with E-state index >= 15 is 0 Å². The molecule has 1 saturated carbocycles. The highest BCUT2D eigenvalue weighted by Gasteiger charge is 2.39. The SMILES string of the molecule is CC1CCC(CN)(C(O)CC(C)c2ccccc2)CC1. The first kappa shape index (κ1) is 15.5. The van der Waals surface area contributed by atoms with Crippen LogP contribution in [-0.4, -0.2) is 17.8 Å². The van der Waals surface area contributed by atoms with Gasteiger partial charge in [-0.05, 0) is 36.7 Å². The normalized spacial score (nSPS) is 29.9. The summed E-state index contributed by atoms with van der Waals surface area (Å²) in [6.07, 6.45) is 5.09. The lowest BCUT2D eigenvalue weighted by atomic mass is 9.66. The number of rotatable bonds is 5. The third-order valence-corrected chi connectivity index (χ3v) is 5.33. The average Bonchev–Trinajstić information content (AvgIpc) is 2.49. The van der Waals surface area contributed by atoms with E-state index in [1.165, 1.54) is 18.4 Å². The highest BCUT2D eigenvalue weighted by molar-refractivity contribution is 5.19. The molecule has 2 rings (SSSR count). The Morgan fingerprint density at radius 3 is 2.40 bits per heavy atom. The van der Waals surface area contributed by atoms with Gasteiger partial charge in [-0.15, -0.1) is 0 Å². The molecule has 0 saturated heterocycles. The molecule has 2 heteroatoms. The van der Waals surface area contributed by atoms with Gasteiger partial charge >= 0.3 is 0 Å². The van der Waals surface area contributed by atoms with Gasteiger partial charge in [-0.25, -0.2) is 0 Å². The Hall–Kier alpha value is -0.860. The summed E-state index contributed by atoms with van der Waals surface area (Å²) in [6, 6.07) is 10.5. The van der Waals surface area contributed by atoms with Crippen LogP contribution < -0.4 is 5.73 Å². The van der Waals surface area contributed by atoms with Crippen LogP contribution in [0.25, 0.3) is 0 Å². The number of hydrogen-bond acceptors (Lipinski definition) is 2. The predicted octanol–water partition coefficient (Wildman–Crippen LogP) is 3.70. The first-order chi connectivity index (χ1) is 9.57. The zero-order valence-corrected chi connectivity index (χ0v) is 12.9. The number of nitrogens with two attached hydrogens (primary N) is 1. The topological polar surface area (TPSA) is 46.2 Å². The molecule has 2 unspecified atom stereocenters. The Bertz CT molecular complexity index is 395. The van der Waals surface area contributed by atoms with Gasteiger partial charge in [-0.2, -0.15) is 0 Å². The first-order valence-electron chi connectivity index (χ1n) is 8.00. The Morgan fingerprint density at radius 2 is 1.85 bits per heavy atom. The molecule has 1 aliphatic rings. The Morgan fingerprint density at radius 1 is 1.25 bits per heavy atom. The van der Waals surface area contributed by atoms with Crippen molar-refractivity contribution in [1.82, 2.24) is 0 Å². The van der Waals surface area contributed by atoms with Crippen molar-refractivity contribution >= 4 is 0 Å². The largest absolute Gasteiger partial charge is 0.392 e. The van der Waals surface area contributed by atoms with E-state index in [1.807, 2.05) is 6.07 Å². The summed E-state index contributed by atoms with van der Waals surface area (Å²) in [5.74, 6) is 1.17. The molecule has 0 aliphatic heterocycles. The third-order valence-electron chi connectivity index (χ3n) is 5.33. The molecular formula is C18H29NO. The molecule has 0 amide bonds. The summed E-state index contributed by atoms with van der Waals surface area (Å²) in [4.78, 5) is 0. The number of aliphatic hydroxyl groups excluding tert-OH is 1. The Kier molecular flexibility index (Phi) is 5.22. The second kappa shape index (κ2) is 6.73. The smallest absolute Gasteiger partial charge is 0.0614 e. The molecule has 2 nitrogen and oxygen atoms in total. The van der Waals surface area contributed by atoms with Gasteiger partial charge in [0, 0.05) is 12.0 Å². The number of benzene rings is 1. The molecule has 0 aromatic heterocycles. The van der Waals surface area contributed by atoms with Crippen LogP contribution in [0, 0.1) is 11.3 Å². The summed E-state index contributed by atoms with van der Waals surface area (Å²) < 4.78 is 0. The summed E-state index contributed by atoms with van der Waals surface area (Å²) in [7, 11) is 0. The standard InChI is InChI=1S/C18H29NO/c1-14-8-10-18(13-19,11-9-14)17(20)12-15(2)16-6-4-3-5-7-16/h3-7,14-15,17,20H,8-13,19H2,1-2H3. The average molecular weight is 275 g/mol. The van der Waals surface area contributed by atoms with E-state index in [0.717, 1.165) is 25.2 Å². The van der Waals surface area contributed by atoms with E-state index in [1.54, 1.807) is 0 Å². The third kappa shape index (κ3) is 3.42. The van der Waals surface area contributed by atoms with E-state index in [9.17, 15) is 5.11 Å². The van der Waals surface area contributed by atoms with E-state index in [4.69, 9.17) is 5.73 Å². The van der Waals surface area contributed by atoms with Crippen LogP contribution in [0.1, 0.15) is 57.4 Å². The van der Waals surface area contributed by atoms with E-state index in [0.29, 0.717) is 12.5 Å². The van der Waals surface area contributed by atoms with Crippen molar-refractivity contribution in [1.29, 1.82) is 0 Å². The molecular weight excluding hydrogens is 246 g/mol. The lowest BCUT2D eigenvalue weighted by molar-refractivity contribution is -0.0145. The lowest BCUT2D eigenvalue weighted by Gasteiger charge is -2.43. The zero-order valence-electron chi connectivity index (χ0n) is 12.9. The van der Waals surface area contributed by atoms with Crippen molar-refractivity contribution in [3.8, 4) is 0 Å². The van der Waals surface area contributed by atoms with Crippen LogP contribution in [0.5, 0.6) is 0 Å². The van der Waals surface area contributed by atoms with Crippen molar-refractivity contribution in [3.05, 3.63) is 35.9 Å². The van der Waals surface area contributed by atoms with Crippen molar-refractivity contribution in [2.24, 2.45) is 17.1 Å². The second-order valence-corrected chi connectivity index (χ2v) is 6.81. The second-order valence-electron chi connectivity index (χ2n) is 6.81. The molecule has 1 fully saturated rings. The highest BCUT2D eigenvalue weighted by Crippen LogP contribution is 2.43. The number of hydrogen-bond donors (Lipinski definition) is 2. The van der Waals surface area contributed by atoms with Gasteiger partial charge in [0.2, 0.25) is 0 Å². The highest BCUT2D eigenvalue weighted by atomic mass is 16.3. The van der Waals surface area contributed by atoms with Gasteiger partial charge in [-0.1, -0.05) is 57.0 Å². The summed E-state index contributed by atoms with van der Waals surface area (Å²) in [5, 5.41) is 10.8. The minimum absolute atomic E-state index is 0.0461. The van der Waals surface area contributed by atoms with E-state index in [2.05, 4.69) is 38.1 Å². The minimum atomic E-state index is -0.282. The van der Waals surface area contributed by atoms with Gasteiger partial charge < -0.3 is 10.8 Å². The molecule has 0 radical (unpaired) electrons. The molecule has 0 spiro atoms. The quantitative estimate of drug-likeness (QED) is 0.860. The molecule has 1 aromatic rings. The zero-order chi connectivity index (χ0) is 14.6. The number of aliphatic hydroxyl groups is 1. The molecule has 3 N–H and O–H groups in total. The van der Waals surface area contributed by atoms with E-state index < -0.39 is 0 Å². The van der Waals surface area contributed by atoms with Crippen LogP contribution in [-0.2, 0) is 0 Å². The van der Waals surface area contributed by atoms with Crippen molar-refractivity contribution in [2.45, 2.75) is 58.0 Å². The maximum atomic E-state index is 10.8. The van der Waals surface area contributed by atoms with Gasteiger partial charge in [0.25, 0.3) is 0 Å². The fraction of sp³-hybridized carbons (Fsp3) is 0.667. The maximum Gasteiger partial charge on any atom is 0.0614 e. The molecule has 0 heterocycles. The van der Waals surface area contributed by atoms with Crippen LogP contribution in [0.15, 0.2) is 30.3 Å². The van der Waals surface area contributed by atoms with Gasteiger partial charge in [0.05, 0.1) is 6.10 Å². The van der Waals surface area contributed by atoms with Crippen molar-refractivity contribution < 1.29 is 5.11 Å². The molecule has 2 atom stereocenters. The van der Waals surface area contributed by atoms with Gasteiger partial charge in [0.1, 0.15) is 0 Å². The van der Waals surface area contributed by atoms with Crippen LogP contribution in [0.3, 0.4) is 0 Å². The van der Waals surface area contributed by atoms with Crippen molar-refractivity contribution in [2.75, 3.05) is 6.54 Å². The van der Waals surface area contributed by atoms with E-state index in [-0.39, 0.29) is 11.5 Å². The van der Waals surface area contributed by atoms with Gasteiger partial charge in [0.15, 0.2) is 0 Å². The van der Waals surface area contributed by atoms with Crippen LogP contribution in [0.4, 0.5) is 0 Å². The molecule has 1 aliphatic carbocycles. The summed E-state index contributed by atoms with van der Waals surface area (Å²) in [6.45, 7) is 5.12. The van der Waals surface area contributed by atoms with Crippen molar-refractivity contribution in [3.63, 3.8) is 0 Å². The predicted molar refractivity (Wildman–Crippen MR) is 84.6 cm³/mol. The molecule has 0 bridgehead atoms. The fourth-order valence-corrected chi connectivity index (χ4v) is 3.51. The molecule has 112 valence electrons. The Labute approximate surface area is 123 Å². The summed E-state index contributed by atoms with van der Waals surface area (Å²) >= 11 is 0. The molecule has 20 heavy (non-hydrogen) atoms. The first-order valence-corrected chi connectivity index (χ1v) is 8.00. The monoisotopic (exact) mass is 275 g/mol. The fourth-order valence-electron chi connectivity index (χ4n) is 3.51. The maximum absolute atomic E-state index is 10.8. The molecule has 1 aromatic carbocycles.